The van der Waals surface area contributed by atoms with Gasteiger partial charge in [0.1, 0.15) is 18.5 Å². The molecule has 1 aliphatic heterocycles. The second-order valence-corrected chi connectivity index (χ2v) is 8.22. The van der Waals surface area contributed by atoms with E-state index in [1.807, 2.05) is 31.2 Å². The number of ether oxygens (including phenoxy) is 1. The predicted molar refractivity (Wildman–Crippen MR) is 123 cm³/mol. The number of aliphatic hydroxyl groups is 1. The van der Waals surface area contributed by atoms with Crippen molar-refractivity contribution in [1.29, 1.82) is 0 Å². The first-order valence-corrected chi connectivity index (χ1v) is 10.9. The fraction of sp³-hybridized carbons (Fsp3) is 0.500. The van der Waals surface area contributed by atoms with Gasteiger partial charge in [0.25, 0.3) is 5.56 Å². The van der Waals surface area contributed by atoms with Crippen LogP contribution in [0.5, 0.6) is 5.75 Å². The molecule has 0 radical (unpaired) electrons. The Kier molecular flexibility index (Phi) is 6.33. The summed E-state index contributed by atoms with van der Waals surface area (Å²) >= 11 is 0. The van der Waals surface area contributed by atoms with Gasteiger partial charge in [-0.15, -0.1) is 0 Å². The molecule has 1 saturated heterocycles. The molecular weight excluding hydrogens is 412 g/mol. The molecule has 2 aromatic heterocycles. The fourth-order valence-corrected chi connectivity index (χ4v) is 4.06. The van der Waals surface area contributed by atoms with Crippen molar-refractivity contribution in [3.8, 4) is 5.75 Å². The van der Waals surface area contributed by atoms with Crippen LogP contribution in [0.3, 0.4) is 0 Å². The molecule has 2 N–H and O–H groups in total. The summed E-state index contributed by atoms with van der Waals surface area (Å²) in [6.45, 7) is 8.53. The van der Waals surface area contributed by atoms with Crippen molar-refractivity contribution in [3.63, 3.8) is 0 Å². The van der Waals surface area contributed by atoms with Crippen LogP contribution < -0.4 is 20.9 Å². The SMILES string of the molecule is CCN1CCN(c2nc3c(c(=O)[nH]c(=O)n3C)n2C[C@@H](O)COc2cccc(C)c2)CC1. The first-order chi connectivity index (χ1) is 15.4. The van der Waals surface area contributed by atoms with Crippen molar-refractivity contribution in [2.24, 2.45) is 7.05 Å². The number of piperazine rings is 1. The Morgan fingerprint density at radius 1 is 1.22 bits per heavy atom. The molecule has 0 spiro atoms. The Bertz CT molecular complexity index is 1210. The van der Waals surface area contributed by atoms with E-state index in [2.05, 4.69) is 26.7 Å². The average molecular weight is 443 g/mol. The first kappa shape index (κ1) is 22.1. The van der Waals surface area contributed by atoms with Crippen LogP contribution in [0.1, 0.15) is 12.5 Å². The predicted octanol–water partition coefficient (Wildman–Crippen LogP) is 0.314. The lowest BCUT2D eigenvalue weighted by Gasteiger charge is -2.35. The number of benzene rings is 1. The molecule has 32 heavy (non-hydrogen) atoms. The molecule has 0 unspecified atom stereocenters. The van der Waals surface area contributed by atoms with Crippen LogP contribution in [-0.4, -0.2) is 74.5 Å². The molecule has 1 fully saturated rings. The molecule has 10 nitrogen and oxygen atoms in total. The van der Waals surface area contributed by atoms with Crippen molar-refractivity contribution in [3.05, 3.63) is 50.7 Å². The van der Waals surface area contributed by atoms with Gasteiger partial charge in [-0.3, -0.25) is 14.3 Å². The molecule has 0 aliphatic carbocycles. The summed E-state index contributed by atoms with van der Waals surface area (Å²) < 4.78 is 8.79. The Balaban J connectivity index is 1.64. The molecule has 3 heterocycles. The van der Waals surface area contributed by atoms with Gasteiger partial charge in [-0.05, 0) is 31.2 Å². The summed E-state index contributed by atoms with van der Waals surface area (Å²) in [4.78, 5) is 36.2. The molecule has 0 saturated carbocycles. The molecule has 1 aliphatic rings. The molecule has 1 aromatic carbocycles. The number of nitrogens with zero attached hydrogens (tertiary/aromatic N) is 5. The summed E-state index contributed by atoms with van der Waals surface area (Å²) in [6, 6.07) is 7.61. The van der Waals surface area contributed by atoms with E-state index in [0.717, 1.165) is 38.3 Å². The Morgan fingerprint density at radius 3 is 2.66 bits per heavy atom. The van der Waals surface area contributed by atoms with E-state index in [1.165, 1.54) is 4.57 Å². The van der Waals surface area contributed by atoms with E-state index in [1.54, 1.807) is 11.6 Å². The van der Waals surface area contributed by atoms with Gasteiger partial charge in [0.05, 0.1) is 6.54 Å². The van der Waals surface area contributed by atoms with Crippen molar-refractivity contribution in [2.45, 2.75) is 26.5 Å². The van der Waals surface area contributed by atoms with E-state index in [-0.39, 0.29) is 18.7 Å². The normalized spacial score (nSPS) is 15.9. The van der Waals surface area contributed by atoms with Gasteiger partial charge in [-0.25, -0.2) is 4.79 Å². The molecule has 4 rings (SSSR count). The van der Waals surface area contributed by atoms with Crippen molar-refractivity contribution < 1.29 is 9.84 Å². The first-order valence-electron chi connectivity index (χ1n) is 10.9. The third kappa shape index (κ3) is 4.42. The van der Waals surface area contributed by atoms with Crippen molar-refractivity contribution >= 4 is 17.1 Å². The van der Waals surface area contributed by atoms with Crippen LogP contribution in [-0.2, 0) is 13.6 Å². The van der Waals surface area contributed by atoms with Crippen LogP contribution >= 0.6 is 0 Å². The second-order valence-electron chi connectivity index (χ2n) is 8.22. The highest BCUT2D eigenvalue weighted by Crippen LogP contribution is 2.22. The summed E-state index contributed by atoms with van der Waals surface area (Å²) in [5.41, 5.74) is 0.616. The number of rotatable bonds is 7. The molecule has 172 valence electrons. The third-order valence-corrected chi connectivity index (χ3v) is 5.91. The highest BCUT2D eigenvalue weighted by Gasteiger charge is 2.25. The summed E-state index contributed by atoms with van der Waals surface area (Å²) in [5.74, 6) is 1.26. The van der Waals surface area contributed by atoms with E-state index in [9.17, 15) is 14.7 Å². The van der Waals surface area contributed by atoms with Crippen LogP contribution in [0, 0.1) is 6.92 Å². The lowest BCUT2D eigenvalue weighted by Crippen LogP contribution is -2.47. The van der Waals surface area contributed by atoms with Gasteiger partial charge < -0.3 is 24.2 Å². The number of imidazole rings is 1. The highest BCUT2D eigenvalue weighted by atomic mass is 16.5. The minimum Gasteiger partial charge on any atom is -0.491 e. The number of aromatic nitrogens is 4. The Hall–Kier alpha value is -3.11. The number of hydrogen-bond acceptors (Lipinski definition) is 7. The number of anilines is 1. The average Bonchev–Trinajstić information content (AvgIpc) is 3.16. The van der Waals surface area contributed by atoms with Gasteiger partial charge in [0.15, 0.2) is 11.2 Å². The summed E-state index contributed by atoms with van der Waals surface area (Å²) in [5, 5.41) is 10.7. The number of aryl methyl sites for hydroxylation is 2. The maximum absolute atomic E-state index is 12.7. The lowest BCUT2D eigenvalue weighted by molar-refractivity contribution is 0.0935. The van der Waals surface area contributed by atoms with E-state index in [0.29, 0.717) is 17.3 Å². The van der Waals surface area contributed by atoms with E-state index >= 15 is 0 Å². The van der Waals surface area contributed by atoms with Gasteiger partial charge in [0.2, 0.25) is 5.95 Å². The molecule has 0 bridgehead atoms. The number of fused-ring (bicyclic) bond motifs is 1. The van der Waals surface area contributed by atoms with E-state index in [4.69, 9.17) is 4.74 Å². The molecule has 3 aromatic rings. The largest absolute Gasteiger partial charge is 0.491 e. The maximum atomic E-state index is 12.7. The Labute approximate surface area is 185 Å². The third-order valence-electron chi connectivity index (χ3n) is 5.91. The summed E-state index contributed by atoms with van der Waals surface area (Å²) in [7, 11) is 1.58. The van der Waals surface area contributed by atoms with Crippen LogP contribution in [0.2, 0.25) is 0 Å². The molecule has 1 atom stereocenters. The smallest absolute Gasteiger partial charge is 0.329 e. The standard InChI is InChI=1S/C22H30N6O4/c1-4-26-8-10-27(11-9-26)21-23-19-18(20(30)24-22(31)25(19)3)28(21)13-16(29)14-32-17-7-5-6-15(2)12-17/h5-7,12,16,29H,4,8-11,13-14H2,1-3H3,(H,24,30,31)/t16-/m1/s1. The highest BCUT2D eigenvalue weighted by molar-refractivity contribution is 5.74. The number of aromatic amines is 1. The van der Waals surface area contributed by atoms with Crippen LogP contribution in [0.25, 0.3) is 11.2 Å². The Morgan fingerprint density at radius 2 is 1.97 bits per heavy atom. The zero-order valence-electron chi connectivity index (χ0n) is 18.7. The zero-order chi connectivity index (χ0) is 22.8. The number of hydrogen-bond donors (Lipinski definition) is 2. The second kappa shape index (κ2) is 9.17. The number of H-pyrrole nitrogens is 1. The molecule has 0 amide bonds. The number of aliphatic hydroxyl groups excluding tert-OH is 1. The van der Waals surface area contributed by atoms with Gasteiger partial charge in [-0.1, -0.05) is 19.1 Å². The zero-order valence-corrected chi connectivity index (χ0v) is 18.7. The van der Waals surface area contributed by atoms with Gasteiger partial charge >= 0.3 is 5.69 Å². The molecular formula is C22H30N6O4. The van der Waals surface area contributed by atoms with Crippen molar-refractivity contribution in [2.75, 3.05) is 44.2 Å². The minimum atomic E-state index is -0.875. The fourth-order valence-electron chi connectivity index (χ4n) is 4.06. The maximum Gasteiger partial charge on any atom is 0.329 e. The van der Waals surface area contributed by atoms with Gasteiger partial charge in [0, 0.05) is 33.2 Å². The quantitative estimate of drug-likeness (QED) is 0.542. The van der Waals surface area contributed by atoms with Crippen LogP contribution in [0.4, 0.5) is 5.95 Å². The summed E-state index contributed by atoms with van der Waals surface area (Å²) in [6.07, 6.45) is -0.875. The monoisotopic (exact) mass is 442 g/mol. The van der Waals surface area contributed by atoms with Gasteiger partial charge in [-0.2, -0.15) is 4.98 Å². The number of likely N-dealkylation sites (N-methyl/N-ethyl adjacent to an activating group) is 1. The van der Waals surface area contributed by atoms with Crippen molar-refractivity contribution in [1.82, 2.24) is 24.0 Å². The van der Waals surface area contributed by atoms with E-state index < -0.39 is 17.4 Å². The minimum absolute atomic E-state index is 0.0653. The molecule has 10 heteroatoms. The lowest BCUT2D eigenvalue weighted by atomic mass is 10.2. The number of nitrogens with one attached hydrogen (secondary N) is 1. The van der Waals surface area contributed by atoms with Crippen LogP contribution in [0.15, 0.2) is 33.9 Å². The topological polar surface area (TPSA) is 109 Å².